The molecule has 1 aliphatic heterocycles. The van der Waals surface area contributed by atoms with Crippen molar-refractivity contribution in [2.45, 2.75) is 58.4 Å². The number of piperidine rings is 1. The second-order valence-corrected chi connectivity index (χ2v) is 5.52. The van der Waals surface area contributed by atoms with E-state index in [9.17, 15) is 0 Å². The summed E-state index contributed by atoms with van der Waals surface area (Å²) in [7, 11) is 0. The minimum absolute atomic E-state index is 0.691. The van der Waals surface area contributed by atoms with Gasteiger partial charge in [-0.3, -0.25) is 0 Å². The fourth-order valence-electron chi connectivity index (χ4n) is 2.35. The lowest BCUT2D eigenvalue weighted by molar-refractivity contribution is 0.448. The van der Waals surface area contributed by atoms with E-state index in [1.165, 1.54) is 37.2 Å². The van der Waals surface area contributed by atoms with Crippen LogP contribution in [0.25, 0.3) is 0 Å². The molecular formula is C12H21N3S. The minimum Gasteiger partial charge on any atom is -0.344 e. The molecule has 1 unspecified atom stereocenters. The second-order valence-electron chi connectivity index (χ2n) is 4.48. The smallest absolute Gasteiger partial charge is 0.208 e. The molecule has 1 atom stereocenters. The summed E-state index contributed by atoms with van der Waals surface area (Å²) >= 11 is 1.79. The Morgan fingerprint density at radius 1 is 1.31 bits per heavy atom. The first-order valence-electron chi connectivity index (χ1n) is 6.44. The normalized spacial score (nSPS) is 21.4. The molecule has 16 heavy (non-hydrogen) atoms. The van der Waals surface area contributed by atoms with Crippen LogP contribution in [0.15, 0.2) is 0 Å². The fourth-order valence-corrected chi connectivity index (χ4v) is 3.39. The topological polar surface area (TPSA) is 29.0 Å². The quantitative estimate of drug-likeness (QED) is 0.807. The first kappa shape index (κ1) is 11.8. The number of nitrogens with zero attached hydrogens (tertiary/aromatic N) is 3. The second kappa shape index (κ2) is 5.62. The molecular weight excluding hydrogens is 218 g/mol. The summed E-state index contributed by atoms with van der Waals surface area (Å²) in [5.41, 5.74) is 0. The van der Waals surface area contributed by atoms with E-state index in [0.717, 1.165) is 18.0 Å². The van der Waals surface area contributed by atoms with Gasteiger partial charge in [0.15, 0.2) is 0 Å². The summed E-state index contributed by atoms with van der Waals surface area (Å²) in [6, 6.07) is 0.691. The molecule has 0 spiro atoms. The van der Waals surface area contributed by atoms with Gasteiger partial charge in [-0.2, -0.15) is 0 Å². The number of hydrogen-bond donors (Lipinski definition) is 0. The van der Waals surface area contributed by atoms with E-state index in [4.69, 9.17) is 0 Å². The van der Waals surface area contributed by atoms with Crippen LogP contribution in [0.3, 0.4) is 0 Å². The van der Waals surface area contributed by atoms with E-state index in [1.807, 2.05) is 0 Å². The average Bonchev–Trinajstić information content (AvgIpc) is 2.78. The van der Waals surface area contributed by atoms with Gasteiger partial charge in [-0.1, -0.05) is 25.2 Å². The van der Waals surface area contributed by atoms with Crippen molar-refractivity contribution in [1.29, 1.82) is 0 Å². The van der Waals surface area contributed by atoms with Crippen LogP contribution in [-0.4, -0.2) is 22.8 Å². The van der Waals surface area contributed by atoms with Crippen molar-refractivity contribution >= 4 is 16.5 Å². The van der Waals surface area contributed by atoms with Gasteiger partial charge in [0.1, 0.15) is 5.01 Å². The van der Waals surface area contributed by atoms with Crippen LogP contribution in [0.4, 0.5) is 5.13 Å². The van der Waals surface area contributed by atoms with Gasteiger partial charge in [-0.05, 0) is 32.1 Å². The molecule has 1 fully saturated rings. The first-order valence-corrected chi connectivity index (χ1v) is 7.25. The maximum absolute atomic E-state index is 4.35. The van der Waals surface area contributed by atoms with Gasteiger partial charge in [0, 0.05) is 19.0 Å². The minimum atomic E-state index is 0.691. The van der Waals surface area contributed by atoms with Crippen molar-refractivity contribution in [1.82, 2.24) is 10.2 Å². The molecule has 1 aliphatic rings. The monoisotopic (exact) mass is 239 g/mol. The van der Waals surface area contributed by atoms with Crippen LogP contribution in [0, 0.1) is 0 Å². The zero-order valence-electron chi connectivity index (χ0n) is 10.3. The van der Waals surface area contributed by atoms with Gasteiger partial charge in [-0.25, -0.2) is 0 Å². The van der Waals surface area contributed by atoms with Crippen LogP contribution < -0.4 is 4.90 Å². The largest absolute Gasteiger partial charge is 0.344 e. The van der Waals surface area contributed by atoms with Crippen molar-refractivity contribution in [2.24, 2.45) is 0 Å². The van der Waals surface area contributed by atoms with Crippen molar-refractivity contribution in [3.8, 4) is 0 Å². The van der Waals surface area contributed by atoms with E-state index in [-0.39, 0.29) is 0 Å². The van der Waals surface area contributed by atoms with Crippen LogP contribution in [0.2, 0.25) is 0 Å². The van der Waals surface area contributed by atoms with Crippen molar-refractivity contribution in [3.05, 3.63) is 5.01 Å². The lowest BCUT2D eigenvalue weighted by atomic mass is 10.0. The Hall–Kier alpha value is -0.640. The molecule has 0 saturated carbocycles. The molecule has 0 radical (unpaired) electrons. The Labute approximate surface area is 102 Å². The lowest BCUT2D eigenvalue weighted by Gasteiger charge is -2.34. The Kier molecular flexibility index (Phi) is 4.16. The van der Waals surface area contributed by atoms with Crippen LogP contribution >= 0.6 is 11.3 Å². The summed E-state index contributed by atoms with van der Waals surface area (Å²) in [4.78, 5) is 2.47. The maximum Gasteiger partial charge on any atom is 0.208 e. The Balaban J connectivity index is 2.08. The molecule has 2 heterocycles. The Morgan fingerprint density at radius 3 is 2.94 bits per heavy atom. The van der Waals surface area contributed by atoms with Gasteiger partial charge in [-0.15, -0.1) is 10.2 Å². The number of aryl methyl sites for hydroxylation is 1. The molecule has 1 saturated heterocycles. The Morgan fingerprint density at radius 2 is 2.19 bits per heavy atom. The Bertz CT molecular complexity index is 324. The highest BCUT2D eigenvalue weighted by molar-refractivity contribution is 7.15. The van der Waals surface area contributed by atoms with Gasteiger partial charge in [0.25, 0.3) is 0 Å². The summed E-state index contributed by atoms with van der Waals surface area (Å²) in [6.07, 6.45) is 7.45. The van der Waals surface area contributed by atoms with Crippen molar-refractivity contribution < 1.29 is 0 Å². The van der Waals surface area contributed by atoms with E-state index < -0.39 is 0 Å². The number of aromatic nitrogens is 2. The molecule has 4 heteroatoms. The number of anilines is 1. The maximum atomic E-state index is 4.35. The van der Waals surface area contributed by atoms with Crippen molar-refractivity contribution in [3.63, 3.8) is 0 Å². The van der Waals surface area contributed by atoms with Crippen LogP contribution in [0.5, 0.6) is 0 Å². The third kappa shape index (κ3) is 2.54. The summed E-state index contributed by atoms with van der Waals surface area (Å²) in [6.45, 7) is 5.63. The predicted octanol–water partition coefficient (Wildman–Crippen LogP) is 3.26. The molecule has 0 aliphatic carbocycles. The molecule has 3 nitrogen and oxygen atoms in total. The van der Waals surface area contributed by atoms with Gasteiger partial charge in [0.05, 0.1) is 0 Å². The molecule has 90 valence electrons. The van der Waals surface area contributed by atoms with Crippen molar-refractivity contribution in [2.75, 3.05) is 11.4 Å². The van der Waals surface area contributed by atoms with Crippen LogP contribution in [-0.2, 0) is 6.42 Å². The van der Waals surface area contributed by atoms with E-state index in [1.54, 1.807) is 11.3 Å². The standard InChI is InChI=1S/C12H21N3S/c1-3-7-11-13-14-12(16-11)15-9-6-5-8-10(15)4-2/h10H,3-9H2,1-2H3. The van der Waals surface area contributed by atoms with E-state index in [0.29, 0.717) is 6.04 Å². The average molecular weight is 239 g/mol. The highest BCUT2D eigenvalue weighted by Crippen LogP contribution is 2.29. The summed E-state index contributed by atoms with van der Waals surface area (Å²) in [5, 5.41) is 11.0. The van der Waals surface area contributed by atoms with Gasteiger partial charge >= 0.3 is 0 Å². The lowest BCUT2D eigenvalue weighted by Crippen LogP contribution is -2.39. The fraction of sp³-hybridized carbons (Fsp3) is 0.833. The molecule has 0 amide bonds. The molecule has 0 N–H and O–H groups in total. The SMILES string of the molecule is CCCc1nnc(N2CCCCC2CC)s1. The summed E-state index contributed by atoms with van der Waals surface area (Å²) in [5.74, 6) is 0. The zero-order valence-corrected chi connectivity index (χ0v) is 11.1. The van der Waals surface area contributed by atoms with E-state index in [2.05, 4.69) is 28.9 Å². The van der Waals surface area contributed by atoms with Gasteiger partial charge < -0.3 is 4.90 Å². The molecule has 0 bridgehead atoms. The highest BCUT2D eigenvalue weighted by Gasteiger charge is 2.23. The predicted molar refractivity (Wildman–Crippen MR) is 69.2 cm³/mol. The molecule has 1 aromatic rings. The highest BCUT2D eigenvalue weighted by atomic mass is 32.1. The van der Waals surface area contributed by atoms with Gasteiger partial charge in [0.2, 0.25) is 5.13 Å². The molecule has 2 rings (SSSR count). The molecule has 0 aromatic carbocycles. The third-order valence-corrected chi connectivity index (χ3v) is 4.28. The number of rotatable bonds is 4. The van der Waals surface area contributed by atoms with Crippen LogP contribution in [0.1, 0.15) is 51.0 Å². The summed E-state index contributed by atoms with van der Waals surface area (Å²) < 4.78 is 0. The molecule has 1 aromatic heterocycles. The van der Waals surface area contributed by atoms with E-state index >= 15 is 0 Å². The number of hydrogen-bond acceptors (Lipinski definition) is 4. The first-order chi connectivity index (χ1) is 7.85. The third-order valence-electron chi connectivity index (χ3n) is 3.26. The zero-order chi connectivity index (χ0) is 11.4.